The normalized spacial score (nSPS) is 22.8. The van der Waals surface area contributed by atoms with E-state index in [9.17, 15) is 9.59 Å². The van der Waals surface area contributed by atoms with Crippen molar-refractivity contribution >= 4 is 12.1 Å². The van der Waals surface area contributed by atoms with E-state index in [1.807, 2.05) is 0 Å². The van der Waals surface area contributed by atoms with Crippen LogP contribution in [0.2, 0.25) is 0 Å². The molecule has 0 saturated carbocycles. The maximum atomic E-state index is 10.9. The fourth-order valence-electron chi connectivity index (χ4n) is 1.08. The number of carbonyl (C=O) groups excluding carboxylic acids is 2. The molecule has 0 aliphatic carbocycles. The number of amides is 1. The van der Waals surface area contributed by atoms with E-state index in [1.165, 1.54) is 0 Å². The highest BCUT2D eigenvalue weighted by Gasteiger charge is 2.31. The van der Waals surface area contributed by atoms with E-state index in [0.29, 0.717) is 12.3 Å². The summed E-state index contributed by atoms with van der Waals surface area (Å²) in [5.74, 6) is 0.0935. The number of carbonyl (C=O) groups is 2. The molecule has 1 aliphatic heterocycles. The Kier molecular flexibility index (Phi) is 2.68. The van der Waals surface area contributed by atoms with Crippen LogP contribution in [0.3, 0.4) is 0 Å². The van der Waals surface area contributed by atoms with Gasteiger partial charge in [0.1, 0.15) is 6.04 Å². The first-order chi connectivity index (χ1) is 5.59. The lowest BCUT2D eigenvalue weighted by Crippen LogP contribution is -2.28. The Labute approximate surface area is 71.3 Å². The Morgan fingerprint density at radius 3 is 2.58 bits per heavy atom. The zero-order chi connectivity index (χ0) is 9.14. The second kappa shape index (κ2) is 3.56. The monoisotopic (exact) mass is 171 g/mol. The first-order valence-electron chi connectivity index (χ1n) is 4.12. The molecule has 0 radical (unpaired) electrons. The maximum absolute atomic E-state index is 10.9. The van der Waals surface area contributed by atoms with Crippen molar-refractivity contribution in [2.75, 3.05) is 0 Å². The van der Waals surface area contributed by atoms with Crippen LogP contribution in [0.1, 0.15) is 26.7 Å². The molecule has 1 heterocycles. The molecule has 1 rings (SSSR count). The molecule has 0 spiro atoms. The minimum Gasteiger partial charge on any atom is -0.375 e. The second-order valence-electron chi connectivity index (χ2n) is 3.38. The molecule has 4 heteroatoms. The smallest absolute Gasteiger partial charge is 0.375 e. The number of rotatable bonds is 3. The lowest BCUT2D eigenvalue weighted by Gasteiger charge is -2.06. The second-order valence-corrected chi connectivity index (χ2v) is 3.38. The summed E-state index contributed by atoms with van der Waals surface area (Å²) in [7, 11) is 0. The Hall–Kier alpha value is -1.06. The summed E-state index contributed by atoms with van der Waals surface area (Å²) in [4.78, 5) is 21.4. The number of hydrogen-bond acceptors (Lipinski definition) is 3. The third kappa shape index (κ3) is 2.22. The van der Waals surface area contributed by atoms with Gasteiger partial charge >= 0.3 is 12.1 Å². The maximum Gasteiger partial charge on any atom is 0.415 e. The van der Waals surface area contributed by atoms with Gasteiger partial charge in [-0.05, 0) is 18.8 Å². The zero-order valence-electron chi connectivity index (χ0n) is 7.29. The van der Waals surface area contributed by atoms with Crippen molar-refractivity contribution in [3.63, 3.8) is 0 Å². The summed E-state index contributed by atoms with van der Waals surface area (Å²) in [5, 5.41) is 2.45. The molecule has 1 fully saturated rings. The number of cyclic esters (lactones) is 2. The molecule has 1 atom stereocenters. The van der Waals surface area contributed by atoms with E-state index >= 15 is 0 Å². The van der Waals surface area contributed by atoms with Gasteiger partial charge in [-0.15, -0.1) is 0 Å². The van der Waals surface area contributed by atoms with Gasteiger partial charge < -0.3 is 10.1 Å². The zero-order valence-corrected chi connectivity index (χ0v) is 7.29. The Morgan fingerprint density at radius 1 is 1.50 bits per heavy atom. The summed E-state index contributed by atoms with van der Waals surface area (Å²) in [6.07, 6.45) is 0.969. The van der Waals surface area contributed by atoms with Gasteiger partial charge in [-0.1, -0.05) is 13.8 Å². The van der Waals surface area contributed by atoms with Gasteiger partial charge in [-0.2, -0.15) is 0 Å². The molecule has 0 aromatic heterocycles. The topological polar surface area (TPSA) is 55.4 Å². The number of ether oxygens (including phenoxy) is 1. The summed E-state index contributed by atoms with van der Waals surface area (Å²) < 4.78 is 4.32. The van der Waals surface area contributed by atoms with Crippen LogP contribution in [0.5, 0.6) is 0 Å². The standard InChI is InChI=1S/C8H13NO3/c1-5(2)3-4-6-7(10)12-8(11)9-6/h5-6H,3-4H2,1-2H3,(H,9,11). The van der Waals surface area contributed by atoms with E-state index in [2.05, 4.69) is 23.9 Å². The quantitative estimate of drug-likeness (QED) is 0.510. The molecule has 1 saturated heterocycles. The van der Waals surface area contributed by atoms with E-state index in [-0.39, 0.29) is 0 Å². The van der Waals surface area contributed by atoms with Gasteiger partial charge in [-0.3, -0.25) is 0 Å². The van der Waals surface area contributed by atoms with Crippen LogP contribution < -0.4 is 5.32 Å². The summed E-state index contributed by atoms with van der Waals surface area (Å²) in [5.41, 5.74) is 0. The van der Waals surface area contributed by atoms with Crippen molar-refractivity contribution in [3.05, 3.63) is 0 Å². The van der Waals surface area contributed by atoms with Crippen LogP contribution in [0, 0.1) is 5.92 Å². The van der Waals surface area contributed by atoms with Crippen LogP contribution in [0.4, 0.5) is 4.79 Å². The van der Waals surface area contributed by atoms with Crippen molar-refractivity contribution in [2.45, 2.75) is 32.7 Å². The highest BCUT2D eigenvalue weighted by atomic mass is 16.6. The van der Waals surface area contributed by atoms with E-state index in [1.54, 1.807) is 0 Å². The Balaban J connectivity index is 2.33. The van der Waals surface area contributed by atoms with Crippen LogP contribution in [0.25, 0.3) is 0 Å². The van der Waals surface area contributed by atoms with Gasteiger partial charge in [0.25, 0.3) is 0 Å². The van der Waals surface area contributed by atoms with Gasteiger partial charge in [0.2, 0.25) is 0 Å². The molecule has 0 aromatic carbocycles. The molecule has 1 aliphatic rings. The minimum atomic E-state index is -0.617. The van der Waals surface area contributed by atoms with Crippen molar-refractivity contribution in [2.24, 2.45) is 5.92 Å². The minimum absolute atomic E-state index is 0.417. The summed E-state index contributed by atoms with van der Waals surface area (Å²) in [6.45, 7) is 4.14. The predicted molar refractivity (Wildman–Crippen MR) is 42.5 cm³/mol. The van der Waals surface area contributed by atoms with Crippen molar-refractivity contribution in [1.82, 2.24) is 5.32 Å². The Bertz CT molecular complexity index is 200. The molecule has 0 aromatic rings. The SMILES string of the molecule is CC(C)CCC1NC(=O)OC1=O. The number of esters is 1. The highest BCUT2D eigenvalue weighted by molar-refractivity contribution is 5.95. The molecular weight excluding hydrogens is 158 g/mol. The van der Waals surface area contributed by atoms with E-state index < -0.39 is 18.1 Å². The molecule has 4 nitrogen and oxygen atoms in total. The third-order valence-electron chi connectivity index (χ3n) is 1.80. The summed E-state index contributed by atoms with van der Waals surface area (Å²) in [6, 6.07) is -0.417. The van der Waals surface area contributed by atoms with E-state index in [4.69, 9.17) is 0 Å². The first kappa shape index (κ1) is 9.03. The van der Waals surface area contributed by atoms with Gasteiger partial charge in [0.05, 0.1) is 0 Å². The van der Waals surface area contributed by atoms with Crippen molar-refractivity contribution in [1.29, 1.82) is 0 Å². The molecule has 0 bridgehead atoms. The average molecular weight is 171 g/mol. The van der Waals surface area contributed by atoms with Crippen LogP contribution in [0.15, 0.2) is 0 Å². The van der Waals surface area contributed by atoms with Crippen LogP contribution in [-0.2, 0) is 9.53 Å². The third-order valence-corrected chi connectivity index (χ3v) is 1.80. The molecular formula is C8H13NO3. The number of hydrogen-bond donors (Lipinski definition) is 1. The van der Waals surface area contributed by atoms with Crippen LogP contribution >= 0.6 is 0 Å². The highest BCUT2D eigenvalue weighted by Crippen LogP contribution is 2.11. The lowest BCUT2D eigenvalue weighted by atomic mass is 10.0. The van der Waals surface area contributed by atoms with Gasteiger partial charge in [0.15, 0.2) is 0 Å². The summed E-state index contributed by atoms with van der Waals surface area (Å²) >= 11 is 0. The van der Waals surface area contributed by atoms with Crippen molar-refractivity contribution < 1.29 is 14.3 Å². The number of alkyl carbamates (subject to hydrolysis) is 1. The molecule has 68 valence electrons. The molecule has 12 heavy (non-hydrogen) atoms. The van der Waals surface area contributed by atoms with Gasteiger partial charge in [-0.25, -0.2) is 9.59 Å². The predicted octanol–water partition coefficient (Wildman–Crippen LogP) is 1.06. The lowest BCUT2D eigenvalue weighted by molar-refractivity contribution is -0.135. The first-order valence-corrected chi connectivity index (χ1v) is 4.12. The van der Waals surface area contributed by atoms with Crippen LogP contribution in [-0.4, -0.2) is 18.1 Å². The molecule has 1 N–H and O–H groups in total. The molecule has 1 amide bonds. The van der Waals surface area contributed by atoms with Crippen molar-refractivity contribution in [3.8, 4) is 0 Å². The van der Waals surface area contributed by atoms with E-state index in [0.717, 1.165) is 6.42 Å². The Morgan fingerprint density at radius 2 is 2.17 bits per heavy atom. The largest absolute Gasteiger partial charge is 0.415 e. The fraction of sp³-hybridized carbons (Fsp3) is 0.750. The number of nitrogens with one attached hydrogen (secondary N) is 1. The average Bonchev–Trinajstić information content (AvgIpc) is 2.26. The fourth-order valence-corrected chi connectivity index (χ4v) is 1.08. The van der Waals surface area contributed by atoms with Gasteiger partial charge in [0, 0.05) is 0 Å². The molecule has 1 unspecified atom stereocenters.